The van der Waals surface area contributed by atoms with Gasteiger partial charge in [0.2, 0.25) is 17.7 Å². The average molecular weight is 658 g/mol. The van der Waals surface area contributed by atoms with Crippen molar-refractivity contribution < 1.29 is 22.7 Å². The Morgan fingerprint density at radius 2 is 1.77 bits per heavy atom. The highest BCUT2D eigenvalue weighted by Gasteiger charge is 2.38. The monoisotopic (exact) mass is 657 g/mol. The number of nitrogens with one attached hydrogen (secondary N) is 2. The maximum atomic E-state index is 13.4. The van der Waals surface area contributed by atoms with Gasteiger partial charge in [-0.2, -0.15) is 4.98 Å². The predicted molar refractivity (Wildman–Crippen MR) is 177 cm³/mol. The number of aromatic nitrogens is 4. The zero-order chi connectivity index (χ0) is 33.3. The first-order chi connectivity index (χ1) is 22.4. The van der Waals surface area contributed by atoms with Crippen LogP contribution in [-0.4, -0.2) is 70.9 Å². The van der Waals surface area contributed by atoms with Crippen LogP contribution < -0.4 is 14.8 Å². The molecule has 0 radical (unpaired) electrons. The molecule has 4 bridgehead atoms. The van der Waals surface area contributed by atoms with Crippen molar-refractivity contribution in [1.82, 2.24) is 29.7 Å². The molecule has 12 nitrogen and oxygen atoms in total. The number of nitrogens with zero attached hydrogens (tertiary/aromatic N) is 5. The Kier molecular flexibility index (Phi) is 8.75. The van der Waals surface area contributed by atoms with Gasteiger partial charge in [-0.25, -0.2) is 23.1 Å². The number of imidazole rings is 1. The minimum Gasteiger partial charge on any atom is -0.477 e. The highest BCUT2D eigenvalue weighted by Crippen LogP contribution is 2.35. The van der Waals surface area contributed by atoms with Gasteiger partial charge in [0, 0.05) is 67.1 Å². The van der Waals surface area contributed by atoms with Gasteiger partial charge in [0.25, 0.3) is 15.9 Å². The summed E-state index contributed by atoms with van der Waals surface area (Å²) in [5.41, 5.74) is 3.03. The third kappa shape index (κ3) is 6.85. The smallest absolute Gasteiger partial charge is 0.264 e. The Bertz CT molecular complexity index is 1910. The van der Waals surface area contributed by atoms with E-state index in [9.17, 15) is 18.0 Å². The first kappa shape index (κ1) is 32.2. The largest absolute Gasteiger partial charge is 0.477 e. The molecule has 1 saturated heterocycles. The van der Waals surface area contributed by atoms with E-state index in [1.807, 2.05) is 61.6 Å². The fourth-order valence-corrected chi connectivity index (χ4v) is 7.40. The Balaban J connectivity index is 1.30. The molecule has 2 amide bonds. The fraction of sp³-hybridized carbons (Fsp3) is 0.382. The molecule has 2 aliphatic rings. The molecule has 1 unspecified atom stereocenters. The lowest BCUT2D eigenvalue weighted by Gasteiger charge is -2.42. The van der Waals surface area contributed by atoms with E-state index in [1.165, 1.54) is 18.2 Å². The number of benzene rings is 2. The van der Waals surface area contributed by atoms with Crippen molar-refractivity contribution in [3.8, 4) is 17.1 Å². The molecule has 1 spiro atoms. The molecule has 13 heteroatoms. The van der Waals surface area contributed by atoms with Gasteiger partial charge in [-0.3, -0.25) is 9.59 Å². The lowest BCUT2D eigenvalue weighted by atomic mass is 9.78. The van der Waals surface area contributed by atoms with E-state index in [1.54, 1.807) is 18.3 Å². The number of piperidine rings is 1. The number of aryl methyl sites for hydroxylation is 3. The second kappa shape index (κ2) is 12.8. The van der Waals surface area contributed by atoms with Gasteiger partial charge in [0.15, 0.2) is 0 Å². The summed E-state index contributed by atoms with van der Waals surface area (Å²) in [6.07, 6.45) is 5.16. The molecule has 0 aliphatic carbocycles. The number of ether oxygens (including phenoxy) is 1. The van der Waals surface area contributed by atoms with Gasteiger partial charge in [0.1, 0.15) is 5.82 Å². The summed E-state index contributed by atoms with van der Waals surface area (Å²) >= 11 is 0. The van der Waals surface area contributed by atoms with Crippen LogP contribution >= 0.6 is 0 Å². The van der Waals surface area contributed by atoms with Crippen molar-refractivity contribution in [3.63, 3.8) is 0 Å². The first-order valence-corrected chi connectivity index (χ1v) is 17.2. The van der Waals surface area contributed by atoms with Crippen molar-refractivity contribution in [3.05, 3.63) is 83.4 Å². The van der Waals surface area contributed by atoms with Crippen molar-refractivity contribution in [2.45, 2.75) is 57.9 Å². The SMILES string of the molecule is Cc1cccc(C)c1-c1cc2nc(n1)NS(=O)(=O)c1cccc(c1)C(=O)NCC1(CCN(C(=O)CC(C)n3ccnc3C)CC1)CO2. The molecule has 4 heterocycles. The second-order valence-electron chi connectivity index (χ2n) is 12.6. The summed E-state index contributed by atoms with van der Waals surface area (Å²) in [6.45, 7) is 9.34. The van der Waals surface area contributed by atoms with Gasteiger partial charge in [-0.1, -0.05) is 24.3 Å². The highest BCUT2D eigenvalue weighted by molar-refractivity contribution is 7.92. The summed E-state index contributed by atoms with van der Waals surface area (Å²) in [5.74, 6) is 0.601. The molecule has 2 aromatic carbocycles. The zero-order valence-corrected chi connectivity index (χ0v) is 27.8. The molecule has 2 N–H and O–H groups in total. The molecule has 6 rings (SSSR count). The third-order valence-electron chi connectivity index (χ3n) is 9.21. The standard InChI is InChI=1S/C34H39N7O5S/c1-22-7-5-8-23(2)31(22)28-19-29-38-33(37-28)39-47(44,45)27-10-6-9-26(18-27)32(43)36-20-34(21-46-29)11-14-40(15-12-34)30(42)17-24(3)41-16-13-35-25(41)4/h5-10,13,16,18-19,24H,11-12,14-15,17,20-21H2,1-4H3,(H,36,43)(H,37,38,39). The van der Waals surface area contributed by atoms with E-state index in [0.717, 1.165) is 22.5 Å². The van der Waals surface area contributed by atoms with Crippen LogP contribution in [0.3, 0.4) is 0 Å². The Hall–Kier alpha value is -4.78. The molecule has 4 aromatic rings. The van der Waals surface area contributed by atoms with E-state index in [0.29, 0.717) is 38.0 Å². The van der Waals surface area contributed by atoms with Crippen LogP contribution in [0.15, 0.2) is 65.8 Å². The quantitative estimate of drug-likeness (QED) is 0.327. The zero-order valence-electron chi connectivity index (χ0n) is 27.0. The van der Waals surface area contributed by atoms with E-state index in [2.05, 4.69) is 25.0 Å². The van der Waals surface area contributed by atoms with Gasteiger partial charge in [-0.05, 0) is 69.9 Å². The number of hydrogen-bond donors (Lipinski definition) is 2. The average Bonchev–Trinajstić information content (AvgIpc) is 3.48. The second-order valence-corrected chi connectivity index (χ2v) is 14.3. The fourth-order valence-electron chi connectivity index (χ4n) is 6.41. The number of hydrogen-bond acceptors (Lipinski definition) is 8. The predicted octanol–water partition coefficient (Wildman–Crippen LogP) is 4.45. The molecule has 2 aromatic heterocycles. The Labute approximate surface area is 274 Å². The van der Waals surface area contributed by atoms with Crippen LogP contribution in [0.2, 0.25) is 0 Å². The Morgan fingerprint density at radius 3 is 2.47 bits per heavy atom. The summed E-state index contributed by atoms with van der Waals surface area (Å²) in [5, 5.41) is 3.01. The van der Waals surface area contributed by atoms with Gasteiger partial charge >= 0.3 is 0 Å². The molecule has 1 fully saturated rings. The summed E-state index contributed by atoms with van der Waals surface area (Å²) < 4.78 is 37.7. The minimum absolute atomic E-state index is 0.0240. The maximum Gasteiger partial charge on any atom is 0.264 e. The van der Waals surface area contributed by atoms with Crippen molar-refractivity contribution in [2.24, 2.45) is 5.41 Å². The highest BCUT2D eigenvalue weighted by atomic mass is 32.2. The number of anilines is 1. The van der Waals surface area contributed by atoms with Crippen LogP contribution in [0.25, 0.3) is 11.3 Å². The van der Waals surface area contributed by atoms with Gasteiger partial charge in [0.05, 0.1) is 17.2 Å². The number of likely N-dealkylation sites (tertiary alicyclic amines) is 1. The molecule has 246 valence electrons. The molecular formula is C34H39N7O5S. The number of fused-ring (bicyclic) bond motifs is 4. The lowest BCUT2D eigenvalue weighted by Crippen LogP contribution is -2.50. The summed E-state index contributed by atoms with van der Waals surface area (Å²) in [4.78, 5) is 41.7. The lowest BCUT2D eigenvalue weighted by molar-refractivity contribution is -0.134. The molecule has 47 heavy (non-hydrogen) atoms. The number of carbonyl (C=O) groups excluding carboxylic acids is 2. The molecule has 1 atom stereocenters. The molecule has 0 saturated carbocycles. The van der Waals surface area contributed by atoms with Crippen molar-refractivity contribution in [2.75, 3.05) is 31.0 Å². The number of rotatable bonds is 4. The number of amides is 2. The molecular weight excluding hydrogens is 618 g/mol. The van der Waals surface area contributed by atoms with Crippen LogP contribution in [-0.2, 0) is 14.8 Å². The van der Waals surface area contributed by atoms with Crippen molar-refractivity contribution in [1.29, 1.82) is 0 Å². The van der Waals surface area contributed by atoms with Crippen LogP contribution in [0.4, 0.5) is 5.95 Å². The van der Waals surface area contributed by atoms with E-state index in [4.69, 9.17) is 4.74 Å². The van der Waals surface area contributed by atoms with Gasteiger partial charge in [-0.15, -0.1) is 0 Å². The van der Waals surface area contributed by atoms with Crippen LogP contribution in [0, 0.1) is 26.2 Å². The van der Waals surface area contributed by atoms with Crippen LogP contribution in [0.5, 0.6) is 5.88 Å². The number of carbonyl (C=O) groups is 2. The van der Waals surface area contributed by atoms with Crippen LogP contribution in [0.1, 0.15) is 59.5 Å². The van der Waals surface area contributed by atoms with E-state index < -0.39 is 21.3 Å². The topological polar surface area (TPSA) is 148 Å². The van der Waals surface area contributed by atoms with Crippen molar-refractivity contribution >= 4 is 27.8 Å². The summed E-state index contributed by atoms with van der Waals surface area (Å²) in [7, 11) is -4.13. The first-order valence-electron chi connectivity index (χ1n) is 15.7. The normalized spacial score (nSPS) is 18.0. The minimum atomic E-state index is -4.13. The van der Waals surface area contributed by atoms with Gasteiger partial charge < -0.3 is 19.5 Å². The third-order valence-corrected chi connectivity index (χ3v) is 10.5. The summed E-state index contributed by atoms with van der Waals surface area (Å²) in [6, 6.07) is 13.4. The van der Waals surface area contributed by atoms with E-state index >= 15 is 0 Å². The molecule has 2 aliphatic heterocycles. The Morgan fingerprint density at radius 1 is 1.04 bits per heavy atom. The maximum absolute atomic E-state index is 13.4. The number of sulfonamides is 1. The van der Waals surface area contributed by atoms with E-state index in [-0.39, 0.29) is 47.4 Å².